The smallest absolute Gasteiger partial charge is 0.255 e. The van der Waals surface area contributed by atoms with E-state index in [1.54, 1.807) is 24.4 Å². The number of aryl methyl sites for hydroxylation is 3. The minimum Gasteiger partial charge on any atom is -0.318 e. The van der Waals surface area contributed by atoms with Gasteiger partial charge in [0.1, 0.15) is 0 Å². The van der Waals surface area contributed by atoms with Crippen LogP contribution in [-0.2, 0) is 21.4 Å². The molecular weight excluding hydrogens is 496 g/mol. The number of rotatable bonds is 9. The van der Waals surface area contributed by atoms with Crippen molar-refractivity contribution >= 4 is 22.1 Å². The number of carbonyl (C=O) groups is 1. The molecule has 0 aliphatic heterocycles. The molecule has 0 atom stereocenters. The van der Waals surface area contributed by atoms with Crippen LogP contribution in [0.4, 0.5) is 0 Å². The third kappa shape index (κ3) is 6.10. The van der Waals surface area contributed by atoms with Crippen molar-refractivity contribution in [2.75, 3.05) is 6.54 Å². The zero-order valence-electron chi connectivity index (χ0n) is 22.0. The first-order valence-electron chi connectivity index (χ1n) is 12.3. The van der Waals surface area contributed by atoms with E-state index in [1.807, 2.05) is 50.2 Å². The normalized spacial score (nSPS) is 11.8. The molecule has 1 aromatic heterocycles. The van der Waals surface area contributed by atoms with E-state index in [0.29, 0.717) is 0 Å². The Morgan fingerprint density at radius 3 is 2.26 bits per heavy atom. The summed E-state index contributed by atoms with van der Waals surface area (Å²) in [5.74, 6) is -0.528. The van der Waals surface area contributed by atoms with Crippen LogP contribution in [-0.4, -0.2) is 36.0 Å². The van der Waals surface area contributed by atoms with Crippen LogP contribution in [0.25, 0.3) is 5.69 Å². The molecule has 0 unspecified atom stereocenters. The van der Waals surface area contributed by atoms with Gasteiger partial charge >= 0.3 is 0 Å². The van der Waals surface area contributed by atoms with E-state index >= 15 is 0 Å². The third-order valence-corrected chi connectivity index (χ3v) is 8.18. The van der Waals surface area contributed by atoms with Crippen LogP contribution in [0.15, 0.2) is 94.9 Å². The molecule has 0 aliphatic carbocycles. The number of sulfonamides is 1. The number of hydrogen-bond acceptors (Lipinski definition) is 4. The van der Waals surface area contributed by atoms with Crippen molar-refractivity contribution in [3.8, 4) is 5.69 Å². The van der Waals surface area contributed by atoms with Gasteiger partial charge in [0.2, 0.25) is 10.0 Å². The van der Waals surface area contributed by atoms with E-state index in [-0.39, 0.29) is 18.0 Å². The van der Waals surface area contributed by atoms with Gasteiger partial charge in [-0.15, -0.1) is 0 Å². The lowest BCUT2D eigenvalue weighted by Crippen LogP contribution is -2.39. The number of hydrazone groups is 1. The van der Waals surface area contributed by atoms with E-state index in [2.05, 4.69) is 47.1 Å². The third-order valence-electron chi connectivity index (χ3n) is 6.37. The molecule has 0 aliphatic rings. The molecule has 0 saturated carbocycles. The lowest BCUT2D eigenvalue weighted by atomic mass is 10.1. The van der Waals surface area contributed by atoms with Crippen LogP contribution < -0.4 is 5.43 Å². The number of hydrogen-bond donors (Lipinski definition) is 1. The Hall–Kier alpha value is -4.01. The van der Waals surface area contributed by atoms with Crippen LogP contribution in [0.5, 0.6) is 0 Å². The summed E-state index contributed by atoms with van der Waals surface area (Å²) in [5.41, 5.74) is 9.62. The van der Waals surface area contributed by atoms with Crippen molar-refractivity contribution in [3.63, 3.8) is 0 Å². The predicted octanol–water partition coefficient (Wildman–Crippen LogP) is 5.05. The number of nitrogens with zero attached hydrogens (tertiary/aromatic N) is 3. The van der Waals surface area contributed by atoms with Crippen LogP contribution in [0.1, 0.15) is 33.6 Å². The summed E-state index contributed by atoms with van der Waals surface area (Å²) in [6.45, 7) is 7.87. The van der Waals surface area contributed by atoms with E-state index in [1.165, 1.54) is 17.7 Å². The molecule has 4 rings (SSSR count). The highest BCUT2D eigenvalue weighted by Crippen LogP contribution is 2.23. The van der Waals surface area contributed by atoms with Gasteiger partial charge in [-0.3, -0.25) is 4.79 Å². The Morgan fingerprint density at radius 2 is 1.58 bits per heavy atom. The summed E-state index contributed by atoms with van der Waals surface area (Å²) in [5, 5.41) is 4.15. The summed E-state index contributed by atoms with van der Waals surface area (Å²) in [7, 11) is -3.90. The quantitative estimate of drug-likeness (QED) is 0.244. The van der Waals surface area contributed by atoms with Gasteiger partial charge in [-0.1, -0.05) is 60.7 Å². The molecule has 0 bridgehead atoms. The second-order valence-corrected chi connectivity index (χ2v) is 11.3. The Morgan fingerprint density at radius 1 is 0.921 bits per heavy atom. The highest BCUT2D eigenvalue weighted by Gasteiger charge is 2.26. The Labute approximate surface area is 224 Å². The molecule has 0 spiro atoms. The molecule has 196 valence electrons. The fourth-order valence-electron chi connectivity index (χ4n) is 4.37. The van der Waals surface area contributed by atoms with Gasteiger partial charge in [0.05, 0.1) is 17.7 Å². The fourth-order valence-corrected chi connectivity index (χ4v) is 5.78. The molecule has 1 heterocycles. The molecule has 0 radical (unpaired) electrons. The Balaban J connectivity index is 1.52. The van der Waals surface area contributed by atoms with Crippen molar-refractivity contribution < 1.29 is 13.2 Å². The number of carbonyl (C=O) groups excluding carboxylic acids is 1. The van der Waals surface area contributed by atoms with Gasteiger partial charge in [-0.25, -0.2) is 13.8 Å². The van der Waals surface area contributed by atoms with Crippen molar-refractivity contribution in [2.45, 2.75) is 39.1 Å². The topological polar surface area (TPSA) is 83.8 Å². The zero-order valence-corrected chi connectivity index (χ0v) is 22.9. The van der Waals surface area contributed by atoms with E-state index < -0.39 is 15.9 Å². The zero-order chi connectivity index (χ0) is 27.3. The van der Waals surface area contributed by atoms with Crippen molar-refractivity contribution in [3.05, 3.63) is 119 Å². The summed E-state index contributed by atoms with van der Waals surface area (Å²) < 4.78 is 30.0. The second-order valence-electron chi connectivity index (χ2n) is 9.32. The van der Waals surface area contributed by atoms with E-state index in [4.69, 9.17) is 0 Å². The van der Waals surface area contributed by atoms with Gasteiger partial charge < -0.3 is 4.57 Å². The summed E-state index contributed by atoms with van der Waals surface area (Å²) in [4.78, 5) is 13.0. The molecule has 1 amide bonds. The SMILES string of the molecule is Cc1ccc(C)c(-n2c(C)cc(/C=N/NC(=O)CN(Cc3ccccc3)S(=O)(=O)c3ccccc3)c2C)c1. The van der Waals surface area contributed by atoms with Gasteiger partial charge in [0.25, 0.3) is 5.91 Å². The number of amides is 1. The molecule has 4 aromatic rings. The van der Waals surface area contributed by atoms with Crippen molar-refractivity contribution in [1.29, 1.82) is 0 Å². The van der Waals surface area contributed by atoms with Gasteiger partial charge in [0.15, 0.2) is 0 Å². The van der Waals surface area contributed by atoms with Gasteiger partial charge in [-0.05, 0) is 68.7 Å². The van der Waals surface area contributed by atoms with Crippen LogP contribution >= 0.6 is 0 Å². The minimum absolute atomic E-state index is 0.0617. The maximum absolute atomic E-state index is 13.3. The lowest BCUT2D eigenvalue weighted by molar-refractivity contribution is -0.121. The lowest BCUT2D eigenvalue weighted by Gasteiger charge is -2.21. The molecule has 8 heteroatoms. The number of nitrogens with one attached hydrogen (secondary N) is 1. The monoisotopic (exact) mass is 528 g/mol. The second kappa shape index (κ2) is 11.6. The summed E-state index contributed by atoms with van der Waals surface area (Å²) in [6, 6.07) is 25.6. The highest BCUT2D eigenvalue weighted by atomic mass is 32.2. The van der Waals surface area contributed by atoms with Crippen LogP contribution in [0, 0.1) is 27.7 Å². The maximum Gasteiger partial charge on any atom is 0.255 e. The molecule has 0 fully saturated rings. The fraction of sp³-hybridized carbons (Fsp3) is 0.200. The van der Waals surface area contributed by atoms with Crippen LogP contribution in [0.2, 0.25) is 0 Å². The molecule has 3 aromatic carbocycles. The van der Waals surface area contributed by atoms with E-state index in [0.717, 1.165) is 38.1 Å². The molecule has 7 nitrogen and oxygen atoms in total. The first kappa shape index (κ1) is 27.0. The predicted molar refractivity (Wildman–Crippen MR) is 151 cm³/mol. The van der Waals surface area contributed by atoms with Crippen molar-refractivity contribution in [1.82, 2.24) is 14.3 Å². The van der Waals surface area contributed by atoms with Crippen molar-refractivity contribution in [2.24, 2.45) is 5.10 Å². The first-order chi connectivity index (χ1) is 18.2. The Bertz CT molecular complexity index is 1560. The largest absolute Gasteiger partial charge is 0.318 e. The number of aromatic nitrogens is 1. The summed E-state index contributed by atoms with van der Waals surface area (Å²) in [6.07, 6.45) is 1.59. The standard InChI is InChI=1S/C30H32N4O3S/c1-22-15-16-23(2)29(17-22)34-24(3)18-27(25(34)4)19-31-32-30(35)21-33(20-26-11-7-5-8-12-26)38(36,37)28-13-9-6-10-14-28/h5-19H,20-21H2,1-4H3,(H,32,35)/b31-19+. The first-order valence-corrected chi connectivity index (χ1v) is 13.8. The molecule has 0 saturated heterocycles. The highest BCUT2D eigenvalue weighted by molar-refractivity contribution is 7.89. The molecular formula is C30H32N4O3S. The van der Waals surface area contributed by atoms with E-state index in [9.17, 15) is 13.2 Å². The van der Waals surface area contributed by atoms with Gasteiger partial charge in [-0.2, -0.15) is 9.41 Å². The summed E-state index contributed by atoms with van der Waals surface area (Å²) >= 11 is 0. The maximum atomic E-state index is 13.3. The average molecular weight is 529 g/mol. The molecule has 1 N–H and O–H groups in total. The average Bonchev–Trinajstić information content (AvgIpc) is 3.18. The number of benzene rings is 3. The van der Waals surface area contributed by atoms with Gasteiger partial charge in [0, 0.05) is 29.2 Å². The minimum atomic E-state index is -3.90. The molecule has 38 heavy (non-hydrogen) atoms. The van der Waals surface area contributed by atoms with Crippen LogP contribution in [0.3, 0.4) is 0 Å². The Kier molecular flexibility index (Phi) is 8.24.